The van der Waals surface area contributed by atoms with Crippen LogP contribution in [0.3, 0.4) is 0 Å². The normalized spacial score (nSPS) is 13.4. The summed E-state index contributed by atoms with van der Waals surface area (Å²) in [6, 6.07) is -0.652. The molecule has 4 nitrogen and oxygen atoms in total. The largest absolute Gasteiger partial charge is 0.394 e. The first-order valence-corrected chi connectivity index (χ1v) is 25.0. The lowest BCUT2D eigenvalue weighted by atomic mass is 10.0. The molecule has 0 aromatic heterocycles. The van der Waals surface area contributed by atoms with Gasteiger partial charge in [0.15, 0.2) is 0 Å². The van der Waals surface area contributed by atoms with Gasteiger partial charge in [-0.25, -0.2) is 0 Å². The lowest BCUT2D eigenvalue weighted by Crippen LogP contribution is -2.45. The van der Waals surface area contributed by atoms with Crippen molar-refractivity contribution in [2.75, 3.05) is 6.61 Å². The van der Waals surface area contributed by atoms with Crippen LogP contribution < -0.4 is 5.32 Å². The SMILES string of the molecule is CCCCCC/C=C\C/C=C\CCCCCCCCCC(=O)NC(CO)C(O)/C=C/CC/C=C/CC/C=C/CCCCCCCCCCCCCCCCCCC. The number of aliphatic hydroxyl groups excluding tert-OH is 2. The number of aliphatic hydroxyl groups is 2. The van der Waals surface area contributed by atoms with Crippen LogP contribution >= 0.6 is 0 Å². The number of allylic oxidation sites excluding steroid dienone is 9. The maximum Gasteiger partial charge on any atom is 0.220 e. The topological polar surface area (TPSA) is 69.6 Å². The molecular formula is C53H97NO3. The Bertz CT molecular complexity index is 950. The molecule has 0 saturated heterocycles. The average molecular weight is 796 g/mol. The van der Waals surface area contributed by atoms with Crippen LogP contribution in [0.1, 0.15) is 251 Å². The highest BCUT2D eigenvalue weighted by Gasteiger charge is 2.17. The molecule has 2 unspecified atom stereocenters. The molecule has 0 aliphatic heterocycles. The number of amides is 1. The van der Waals surface area contributed by atoms with Crippen molar-refractivity contribution in [1.82, 2.24) is 5.32 Å². The molecule has 332 valence electrons. The summed E-state index contributed by atoms with van der Waals surface area (Å²) in [5, 5.41) is 23.0. The molecule has 57 heavy (non-hydrogen) atoms. The lowest BCUT2D eigenvalue weighted by molar-refractivity contribution is -0.123. The highest BCUT2D eigenvalue weighted by Crippen LogP contribution is 2.15. The molecule has 3 N–H and O–H groups in total. The van der Waals surface area contributed by atoms with Crippen LogP contribution in [-0.4, -0.2) is 34.9 Å². The molecule has 0 aliphatic rings. The molecule has 0 radical (unpaired) electrons. The number of unbranched alkanes of at least 4 members (excludes halogenated alkanes) is 30. The second-order valence-electron chi connectivity index (χ2n) is 16.9. The molecule has 2 atom stereocenters. The molecule has 0 aromatic rings. The second kappa shape index (κ2) is 48.5. The first-order valence-electron chi connectivity index (χ1n) is 25.0. The molecular weight excluding hydrogens is 699 g/mol. The Morgan fingerprint density at radius 2 is 0.737 bits per heavy atom. The van der Waals surface area contributed by atoms with Gasteiger partial charge in [0.1, 0.15) is 0 Å². The van der Waals surface area contributed by atoms with Gasteiger partial charge in [-0.2, -0.15) is 0 Å². The van der Waals surface area contributed by atoms with Crippen molar-refractivity contribution in [2.45, 2.75) is 264 Å². The van der Waals surface area contributed by atoms with Crippen molar-refractivity contribution in [3.63, 3.8) is 0 Å². The lowest BCUT2D eigenvalue weighted by Gasteiger charge is -2.19. The van der Waals surface area contributed by atoms with E-state index in [1.165, 1.54) is 180 Å². The summed E-state index contributed by atoms with van der Waals surface area (Å²) >= 11 is 0. The predicted octanol–water partition coefficient (Wildman–Crippen LogP) is 16.1. The van der Waals surface area contributed by atoms with E-state index in [1.807, 2.05) is 6.08 Å². The molecule has 0 aliphatic carbocycles. The second-order valence-corrected chi connectivity index (χ2v) is 16.9. The molecule has 0 aromatic carbocycles. The average Bonchev–Trinajstić information content (AvgIpc) is 3.22. The van der Waals surface area contributed by atoms with E-state index in [9.17, 15) is 15.0 Å². The minimum Gasteiger partial charge on any atom is -0.394 e. The van der Waals surface area contributed by atoms with Crippen LogP contribution in [0.15, 0.2) is 60.8 Å². The number of hydrogen-bond acceptors (Lipinski definition) is 3. The third kappa shape index (κ3) is 45.0. The minimum atomic E-state index is -0.876. The van der Waals surface area contributed by atoms with Gasteiger partial charge in [0.25, 0.3) is 0 Å². The number of carbonyl (C=O) groups is 1. The van der Waals surface area contributed by atoms with Gasteiger partial charge in [-0.15, -0.1) is 0 Å². The number of carbonyl (C=O) groups excluding carboxylic acids is 1. The highest BCUT2D eigenvalue weighted by atomic mass is 16.3. The Labute approximate surface area is 356 Å². The van der Waals surface area contributed by atoms with Crippen molar-refractivity contribution in [2.24, 2.45) is 0 Å². The smallest absolute Gasteiger partial charge is 0.220 e. The zero-order valence-corrected chi connectivity index (χ0v) is 38.1. The van der Waals surface area contributed by atoms with Gasteiger partial charge in [0.2, 0.25) is 5.91 Å². The van der Waals surface area contributed by atoms with Crippen molar-refractivity contribution in [1.29, 1.82) is 0 Å². The Hall–Kier alpha value is -1.91. The third-order valence-corrected chi connectivity index (χ3v) is 11.2. The summed E-state index contributed by atoms with van der Waals surface area (Å²) in [4.78, 5) is 12.4. The van der Waals surface area contributed by atoms with Gasteiger partial charge in [-0.1, -0.05) is 229 Å². The quantitative estimate of drug-likeness (QED) is 0.0425. The zero-order chi connectivity index (χ0) is 41.4. The standard InChI is InChI=1S/C53H97NO3/c1-3-5-7-9-11-13-15-17-19-21-23-24-25-26-27-28-29-30-31-32-34-36-38-40-42-44-46-48-52(56)51(50-55)54-53(57)49-47-45-43-41-39-37-35-33-22-20-18-16-14-12-10-8-6-4-2/h14,16,20,22,31-32,38,40,46,48,51-52,55-56H,3-13,15,17-19,21,23-30,33-37,39,41-45,47,49-50H2,1-2H3,(H,54,57)/b16-14-,22-20-,32-31+,40-38+,48-46+. The van der Waals surface area contributed by atoms with Gasteiger partial charge >= 0.3 is 0 Å². The summed E-state index contributed by atoms with van der Waals surface area (Å²) in [6.45, 7) is 4.28. The molecule has 0 bridgehead atoms. The zero-order valence-electron chi connectivity index (χ0n) is 38.1. The first kappa shape index (κ1) is 55.1. The van der Waals surface area contributed by atoms with E-state index in [-0.39, 0.29) is 12.5 Å². The van der Waals surface area contributed by atoms with E-state index in [2.05, 4.69) is 67.8 Å². The van der Waals surface area contributed by atoms with Gasteiger partial charge in [-0.05, 0) is 77.0 Å². The summed E-state index contributed by atoms with van der Waals surface area (Å²) in [5.74, 6) is -0.0863. The van der Waals surface area contributed by atoms with E-state index in [0.717, 1.165) is 51.4 Å². The van der Waals surface area contributed by atoms with E-state index in [4.69, 9.17) is 0 Å². The maximum atomic E-state index is 12.4. The molecule has 4 heteroatoms. The van der Waals surface area contributed by atoms with Crippen molar-refractivity contribution < 1.29 is 15.0 Å². The van der Waals surface area contributed by atoms with E-state index in [0.29, 0.717) is 6.42 Å². The van der Waals surface area contributed by atoms with Gasteiger partial charge in [-0.3, -0.25) is 4.79 Å². The predicted molar refractivity (Wildman–Crippen MR) is 253 cm³/mol. The van der Waals surface area contributed by atoms with Gasteiger partial charge in [0.05, 0.1) is 18.8 Å². The van der Waals surface area contributed by atoms with Gasteiger partial charge < -0.3 is 15.5 Å². The van der Waals surface area contributed by atoms with Crippen LogP contribution in [0.4, 0.5) is 0 Å². The monoisotopic (exact) mass is 796 g/mol. The molecule has 0 fully saturated rings. The molecule has 0 rings (SSSR count). The summed E-state index contributed by atoms with van der Waals surface area (Å²) < 4.78 is 0. The minimum absolute atomic E-state index is 0.0863. The summed E-state index contributed by atoms with van der Waals surface area (Å²) in [5.41, 5.74) is 0. The van der Waals surface area contributed by atoms with Gasteiger partial charge in [0, 0.05) is 6.42 Å². The fraction of sp³-hybridized carbons (Fsp3) is 0.792. The third-order valence-electron chi connectivity index (χ3n) is 11.2. The Kier molecular flexibility index (Phi) is 46.8. The fourth-order valence-electron chi connectivity index (χ4n) is 7.36. The number of rotatable bonds is 45. The molecule has 0 heterocycles. The van der Waals surface area contributed by atoms with Crippen LogP contribution in [0.25, 0.3) is 0 Å². The Balaban J connectivity index is 3.61. The van der Waals surface area contributed by atoms with Crippen LogP contribution in [-0.2, 0) is 4.79 Å². The van der Waals surface area contributed by atoms with Crippen molar-refractivity contribution >= 4 is 5.91 Å². The summed E-state index contributed by atoms with van der Waals surface area (Å²) in [7, 11) is 0. The van der Waals surface area contributed by atoms with Crippen LogP contribution in [0, 0.1) is 0 Å². The molecule has 1 amide bonds. The first-order chi connectivity index (χ1) is 28.2. The highest BCUT2D eigenvalue weighted by molar-refractivity contribution is 5.76. The van der Waals surface area contributed by atoms with E-state index < -0.39 is 12.1 Å². The number of hydrogen-bond donors (Lipinski definition) is 3. The van der Waals surface area contributed by atoms with E-state index >= 15 is 0 Å². The van der Waals surface area contributed by atoms with Crippen molar-refractivity contribution in [3.05, 3.63) is 60.8 Å². The fourth-order valence-corrected chi connectivity index (χ4v) is 7.36. The van der Waals surface area contributed by atoms with Crippen LogP contribution in [0.2, 0.25) is 0 Å². The molecule has 0 saturated carbocycles. The molecule has 0 spiro atoms. The van der Waals surface area contributed by atoms with E-state index in [1.54, 1.807) is 6.08 Å². The van der Waals surface area contributed by atoms with Crippen molar-refractivity contribution in [3.8, 4) is 0 Å². The van der Waals surface area contributed by atoms with Crippen LogP contribution in [0.5, 0.6) is 0 Å². The Morgan fingerprint density at radius 3 is 1.14 bits per heavy atom. The number of nitrogens with one attached hydrogen (secondary N) is 1. The summed E-state index contributed by atoms with van der Waals surface area (Å²) in [6.07, 6.45) is 67.8. The maximum absolute atomic E-state index is 12.4. The Morgan fingerprint density at radius 1 is 0.421 bits per heavy atom.